The van der Waals surface area contributed by atoms with Crippen molar-refractivity contribution < 1.29 is 4.79 Å². The zero-order valence-electron chi connectivity index (χ0n) is 11.6. The molecule has 1 aromatic rings. The predicted octanol–water partition coefficient (Wildman–Crippen LogP) is 2.49. The first kappa shape index (κ1) is 14.5. The zero-order chi connectivity index (χ0) is 13.5. The van der Waals surface area contributed by atoms with Gasteiger partial charge in [-0.3, -0.25) is 4.79 Å². The molecule has 1 aliphatic rings. The Hall–Kier alpha value is -0.940. The van der Waals surface area contributed by atoms with E-state index < -0.39 is 0 Å². The van der Waals surface area contributed by atoms with Gasteiger partial charge in [0.05, 0.1) is 11.2 Å². The zero-order valence-corrected chi connectivity index (χ0v) is 12.4. The van der Waals surface area contributed by atoms with Gasteiger partial charge in [0.2, 0.25) is 0 Å². The number of aryl methyl sites for hydroxylation is 1. The molecule has 1 aliphatic carbocycles. The monoisotopic (exact) mass is 281 g/mol. The van der Waals surface area contributed by atoms with Crippen molar-refractivity contribution in [3.05, 3.63) is 16.1 Å². The van der Waals surface area contributed by atoms with Gasteiger partial charge in [0.15, 0.2) is 0 Å². The maximum Gasteiger partial charge on any atom is 0.263 e. The minimum atomic E-state index is -0.00623. The number of aromatic nitrogens is 1. The van der Waals surface area contributed by atoms with Gasteiger partial charge >= 0.3 is 0 Å². The Morgan fingerprint density at radius 2 is 2.05 bits per heavy atom. The summed E-state index contributed by atoms with van der Waals surface area (Å²) in [5.41, 5.74) is 0. The van der Waals surface area contributed by atoms with Gasteiger partial charge in [0.1, 0.15) is 4.88 Å². The second-order valence-corrected chi connectivity index (χ2v) is 6.38. The van der Waals surface area contributed by atoms with E-state index >= 15 is 0 Å². The highest BCUT2D eigenvalue weighted by Crippen LogP contribution is 2.16. The summed E-state index contributed by atoms with van der Waals surface area (Å²) in [5.74, 6) is -0.00623. The summed E-state index contributed by atoms with van der Waals surface area (Å²) >= 11 is 1.44. The van der Waals surface area contributed by atoms with Crippen LogP contribution >= 0.6 is 11.3 Å². The molecule has 2 N–H and O–H groups in total. The topological polar surface area (TPSA) is 54.0 Å². The van der Waals surface area contributed by atoms with Crippen molar-refractivity contribution in [2.24, 2.45) is 0 Å². The maximum atomic E-state index is 11.8. The van der Waals surface area contributed by atoms with E-state index in [1.807, 2.05) is 6.92 Å². The number of amides is 1. The third kappa shape index (κ3) is 4.91. The van der Waals surface area contributed by atoms with Crippen LogP contribution in [0.1, 0.15) is 53.2 Å². The van der Waals surface area contributed by atoms with Gasteiger partial charge in [-0.1, -0.05) is 25.7 Å². The molecule has 1 amide bonds. The van der Waals surface area contributed by atoms with Gasteiger partial charge in [0.25, 0.3) is 5.91 Å². The third-order valence-corrected chi connectivity index (χ3v) is 4.46. The summed E-state index contributed by atoms with van der Waals surface area (Å²) in [6.45, 7) is 3.45. The SMILES string of the molecule is Cc1ncc(C(=O)NCCNC2CCCCCC2)s1. The Morgan fingerprint density at radius 1 is 1.32 bits per heavy atom. The summed E-state index contributed by atoms with van der Waals surface area (Å²) < 4.78 is 0. The van der Waals surface area contributed by atoms with Gasteiger partial charge in [0, 0.05) is 19.1 Å². The average molecular weight is 281 g/mol. The van der Waals surface area contributed by atoms with Crippen LogP contribution in [0.4, 0.5) is 0 Å². The van der Waals surface area contributed by atoms with Crippen molar-refractivity contribution in [1.29, 1.82) is 0 Å². The van der Waals surface area contributed by atoms with Crippen molar-refractivity contribution in [3.8, 4) is 0 Å². The van der Waals surface area contributed by atoms with Crippen LogP contribution in [-0.2, 0) is 0 Å². The number of nitrogens with zero attached hydrogens (tertiary/aromatic N) is 1. The molecule has 0 bridgehead atoms. The van der Waals surface area contributed by atoms with Crippen LogP contribution in [0, 0.1) is 6.92 Å². The van der Waals surface area contributed by atoms with E-state index in [0.29, 0.717) is 17.5 Å². The number of hydrogen-bond donors (Lipinski definition) is 2. The Morgan fingerprint density at radius 3 is 2.68 bits per heavy atom. The molecule has 1 aromatic heterocycles. The van der Waals surface area contributed by atoms with Crippen LogP contribution in [0.2, 0.25) is 0 Å². The Balaban J connectivity index is 1.62. The van der Waals surface area contributed by atoms with Crippen molar-refractivity contribution in [2.45, 2.75) is 51.5 Å². The van der Waals surface area contributed by atoms with Crippen molar-refractivity contribution in [1.82, 2.24) is 15.6 Å². The number of nitrogens with one attached hydrogen (secondary N) is 2. The van der Waals surface area contributed by atoms with Gasteiger partial charge < -0.3 is 10.6 Å². The van der Waals surface area contributed by atoms with Crippen LogP contribution in [0.5, 0.6) is 0 Å². The highest BCUT2D eigenvalue weighted by molar-refractivity contribution is 7.13. The molecule has 2 rings (SSSR count). The first-order valence-corrected chi connectivity index (χ1v) is 8.01. The number of carbonyl (C=O) groups excluding carboxylic acids is 1. The quantitative estimate of drug-likeness (QED) is 0.644. The molecule has 19 heavy (non-hydrogen) atoms. The minimum Gasteiger partial charge on any atom is -0.350 e. The van der Waals surface area contributed by atoms with Crippen LogP contribution in [-0.4, -0.2) is 30.0 Å². The lowest BCUT2D eigenvalue weighted by Gasteiger charge is -2.16. The first-order chi connectivity index (χ1) is 9.25. The molecule has 1 heterocycles. The lowest BCUT2D eigenvalue weighted by Crippen LogP contribution is -2.36. The summed E-state index contributed by atoms with van der Waals surface area (Å²) in [6.07, 6.45) is 9.63. The normalized spacial score (nSPS) is 17.1. The average Bonchev–Trinajstić information content (AvgIpc) is 2.68. The molecular formula is C14H23N3OS. The molecule has 0 aromatic carbocycles. The van der Waals surface area contributed by atoms with Crippen molar-refractivity contribution >= 4 is 17.2 Å². The lowest BCUT2D eigenvalue weighted by molar-refractivity contribution is 0.0957. The smallest absolute Gasteiger partial charge is 0.263 e. The molecule has 0 unspecified atom stereocenters. The summed E-state index contributed by atoms with van der Waals surface area (Å²) in [6, 6.07) is 0.644. The molecule has 5 heteroatoms. The molecule has 106 valence electrons. The van der Waals surface area contributed by atoms with E-state index in [2.05, 4.69) is 15.6 Å². The van der Waals surface area contributed by atoms with Crippen LogP contribution in [0.3, 0.4) is 0 Å². The molecule has 0 aliphatic heterocycles. The summed E-state index contributed by atoms with van der Waals surface area (Å²) in [4.78, 5) is 16.6. The maximum absolute atomic E-state index is 11.8. The number of thiazole rings is 1. The lowest BCUT2D eigenvalue weighted by atomic mass is 10.1. The third-order valence-electron chi connectivity index (χ3n) is 3.54. The van der Waals surface area contributed by atoms with Crippen molar-refractivity contribution in [3.63, 3.8) is 0 Å². The Labute approximate surface area is 119 Å². The van der Waals surface area contributed by atoms with Crippen molar-refractivity contribution in [2.75, 3.05) is 13.1 Å². The van der Waals surface area contributed by atoms with E-state index in [1.165, 1.54) is 49.9 Å². The van der Waals surface area contributed by atoms with Crippen LogP contribution in [0.15, 0.2) is 6.20 Å². The molecule has 4 nitrogen and oxygen atoms in total. The van der Waals surface area contributed by atoms with Crippen LogP contribution in [0.25, 0.3) is 0 Å². The van der Waals surface area contributed by atoms with E-state index in [1.54, 1.807) is 6.20 Å². The highest BCUT2D eigenvalue weighted by atomic mass is 32.1. The Bertz CT molecular complexity index is 397. The summed E-state index contributed by atoms with van der Waals surface area (Å²) in [7, 11) is 0. The standard InChI is InChI=1S/C14H23N3OS/c1-11-17-10-13(19-11)14(18)16-9-8-15-12-6-4-2-3-5-7-12/h10,12,15H,2-9H2,1H3,(H,16,18). The fourth-order valence-corrected chi connectivity index (χ4v) is 3.18. The molecule has 0 saturated heterocycles. The fourth-order valence-electron chi connectivity index (χ4n) is 2.49. The van der Waals surface area contributed by atoms with Gasteiger partial charge in [-0.2, -0.15) is 0 Å². The summed E-state index contributed by atoms with van der Waals surface area (Å²) in [5, 5.41) is 7.42. The highest BCUT2D eigenvalue weighted by Gasteiger charge is 2.11. The number of rotatable bonds is 5. The Kier molecular flexibility index (Phi) is 5.79. The number of carbonyl (C=O) groups is 1. The number of hydrogen-bond acceptors (Lipinski definition) is 4. The van der Waals surface area contributed by atoms with E-state index in [9.17, 15) is 4.79 Å². The van der Waals surface area contributed by atoms with Crippen LogP contribution < -0.4 is 10.6 Å². The van der Waals surface area contributed by atoms with Gasteiger partial charge in [-0.25, -0.2) is 4.98 Å². The molecule has 1 saturated carbocycles. The predicted molar refractivity (Wildman–Crippen MR) is 78.7 cm³/mol. The van der Waals surface area contributed by atoms with Gasteiger partial charge in [-0.05, 0) is 19.8 Å². The largest absolute Gasteiger partial charge is 0.350 e. The molecular weight excluding hydrogens is 258 g/mol. The first-order valence-electron chi connectivity index (χ1n) is 7.20. The fraction of sp³-hybridized carbons (Fsp3) is 0.714. The molecule has 0 radical (unpaired) electrons. The van der Waals surface area contributed by atoms with E-state index in [4.69, 9.17) is 0 Å². The second kappa shape index (κ2) is 7.60. The molecule has 0 atom stereocenters. The van der Waals surface area contributed by atoms with E-state index in [0.717, 1.165) is 11.6 Å². The van der Waals surface area contributed by atoms with Gasteiger partial charge in [-0.15, -0.1) is 11.3 Å². The molecule has 1 fully saturated rings. The molecule has 0 spiro atoms. The minimum absolute atomic E-state index is 0.00623. The van der Waals surface area contributed by atoms with E-state index in [-0.39, 0.29) is 5.91 Å². The second-order valence-electron chi connectivity index (χ2n) is 5.14.